The van der Waals surface area contributed by atoms with Gasteiger partial charge in [-0.05, 0) is 43.0 Å². The Morgan fingerprint density at radius 1 is 1.25 bits per heavy atom. The maximum Gasteiger partial charge on any atom is 0.264 e. The molecule has 1 N–H and O–H groups in total. The van der Waals surface area contributed by atoms with Crippen molar-refractivity contribution in [3.63, 3.8) is 0 Å². The number of rotatable bonds is 4. The van der Waals surface area contributed by atoms with Gasteiger partial charge in [-0.3, -0.25) is 9.59 Å². The number of carbonyl (C=O) groups excluding carboxylic acids is 2. The van der Waals surface area contributed by atoms with Crippen molar-refractivity contribution < 1.29 is 19.1 Å². The number of thiophene rings is 1. The van der Waals surface area contributed by atoms with Crippen LogP contribution in [0.1, 0.15) is 26.5 Å². The minimum atomic E-state index is -0.0837. The van der Waals surface area contributed by atoms with Gasteiger partial charge in [-0.2, -0.15) is 0 Å². The van der Waals surface area contributed by atoms with Gasteiger partial charge >= 0.3 is 0 Å². The van der Waals surface area contributed by atoms with E-state index in [1.165, 1.54) is 4.88 Å². The molecule has 0 radical (unpaired) electrons. The summed E-state index contributed by atoms with van der Waals surface area (Å²) in [5, 5.41) is 2.99. The quantitative estimate of drug-likeness (QED) is 0.857. The van der Waals surface area contributed by atoms with Gasteiger partial charge in [0.1, 0.15) is 5.75 Å². The van der Waals surface area contributed by atoms with E-state index < -0.39 is 0 Å². The van der Waals surface area contributed by atoms with Crippen molar-refractivity contribution in [2.75, 3.05) is 38.7 Å². The Balaban J connectivity index is 1.42. The van der Waals surface area contributed by atoms with E-state index in [4.69, 9.17) is 9.47 Å². The van der Waals surface area contributed by atoms with Crippen LogP contribution in [0.15, 0.2) is 30.3 Å². The second-order valence-corrected chi connectivity index (χ2v) is 8.26. The normalized spacial score (nSPS) is 19.0. The minimum Gasteiger partial charge on any atom is -0.497 e. The SMILES string of the molecule is COc1cccc(NC(=O)[C@H]2CCc3sc(C(=O)N4CCOCC4)cc3C2)c1. The van der Waals surface area contributed by atoms with E-state index in [1.54, 1.807) is 18.4 Å². The van der Waals surface area contributed by atoms with E-state index in [2.05, 4.69) is 5.32 Å². The first-order valence-electron chi connectivity index (χ1n) is 9.57. The fourth-order valence-electron chi connectivity index (χ4n) is 3.72. The molecule has 7 heteroatoms. The Morgan fingerprint density at radius 3 is 2.86 bits per heavy atom. The van der Waals surface area contributed by atoms with E-state index in [0.29, 0.717) is 38.5 Å². The number of amides is 2. The Kier molecular flexibility index (Phi) is 5.64. The van der Waals surface area contributed by atoms with Crippen molar-refractivity contribution in [2.24, 2.45) is 5.92 Å². The summed E-state index contributed by atoms with van der Waals surface area (Å²) in [6.45, 7) is 2.49. The molecule has 2 amide bonds. The van der Waals surface area contributed by atoms with Crippen LogP contribution in [-0.2, 0) is 22.4 Å². The molecule has 2 aromatic rings. The summed E-state index contributed by atoms with van der Waals surface area (Å²) in [4.78, 5) is 29.3. The van der Waals surface area contributed by atoms with Crippen molar-refractivity contribution in [3.05, 3.63) is 45.6 Å². The van der Waals surface area contributed by atoms with E-state index >= 15 is 0 Å². The highest BCUT2D eigenvalue weighted by Gasteiger charge is 2.29. The topological polar surface area (TPSA) is 67.9 Å². The summed E-state index contributed by atoms with van der Waals surface area (Å²) in [6, 6.07) is 9.37. The maximum absolute atomic E-state index is 12.7. The molecule has 1 aliphatic carbocycles. The number of fused-ring (bicyclic) bond motifs is 1. The molecule has 0 spiro atoms. The van der Waals surface area contributed by atoms with Gasteiger partial charge < -0.3 is 19.7 Å². The minimum absolute atomic E-state index is 0.0196. The predicted molar refractivity (Wildman–Crippen MR) is 108 cm³/mol. The third-order valence-electron chi connectivity index (χ3n) is 5.30. The Morgan fingerprint density at radius 2 is 2.07 bits per heavy atom. The number of nitrogens with one attached hydrogen (secondary N) is 1. The number of anilines is 1. The standard InChI is InChI=1S/C21H24N2O4S/c1-26-17-4-2-3-16(13-17)22-20(24)14-5-6-18-15(11-14)12-19(28-18)21(25)23-7-9-27-10-8-23/h2-4,12-14H,5-11H2,1H3,(H,22,24)/t14-/m0/s1. The maximum atomic E-state index is 12.7. The van der Waals surface area contributed by atoms with Crippen molar-refractivity contribution in [2.45, 2.75) is 19.3 Å². The lowest BCUT2D eigenvalue weighted by atomic mass is 9.87. The van der Waals surface area contributed by atoms with Gasteiger partial charge in [0.05, 0.1) is 25.2 Å². The molecule has 1 aromatic carbocycles. The summed E-state index contributed by atoms with van der Waals surface area (Å²) >= 11 is 1.58. The molecule has 1 saturated heterocycles. The second kappa shape index (κ2) is 8.32. The number of carbonyl (C=O) groups is 2. The molecule has 0 bridgehead atoms. The number of nitrogens with zero attached hydrogens (tertiary/aromatic N) is 1. The summed E-state index contributed by atoms with van der Waals surface area (Å²) < 4.78 is 10.5. The molecule has 0 unspecified atom stereocenters. The molecule has 4 rings (SSSR count). The van der Waals surface area contributed by atoms with E-state index in [1.807, 2.05) is 35.2 Å². The largest absolute Gasteiger partial charge is 0.497 e. The third-order valence-corrected chi connectivity index (χ3v) is 6.53. The number of aryl methyl sites for hydroxylation is 1. The van der Waals surface area contributed by atoms with Crippen LogP contribution in [-0.4, -0.2) is 50.1 Å². The summed E-state index contributed by atoms with van der Waals surface area (Å²) in [5.41, 5.74) is 1.88. The van der Waals surface area contributed by atoms with E-state index in [-0.39, 0.29) is 17.7 Å². The van der Waals surface area contributed by atoms with Crippen LogP contribution < -0.4 is 10.1 Å². The molecule has 2 aliphatic rings. The van der Waals surface area contributed by atoms with Gasteiger partial charge in [0.25, 0.3) is 5.91 Å². The van der Waals surface area contributed by atoms with Crippen molar-refractivity contribution in [3.8, 4) is 5.75 Å². The number of hydrogen-bond donors (Lipinski definition) is 1. The molecule has 0 saturated carbocycles. The van der Waals surface area contributed by atoms with Crippen molar-refractivity contribution in [1.82, 2.24) is 4.90 Å². The van der Waals surface area contributed by atoms with Gasteiger partial charge in [-0.25, -0.2) is 0 Å². The number of methoxy groups -OCH3 is 1. The Bertz CT molecular complexity index is 873. The molecular formula is C21H24N2O4S. The highest BCUT2D eigenvalue weighted by atomic mass is 32.1. The van der Waals surface area contributed by atoms with Crippen LogP contribution in [0, 0.1) is 5.92 Å². The third kappa shape index (κ3) is 4.05. The molecule has 1 fully saturated rings. The van der Waals surface area contributed by atoms with Gasteiger partial charge in [0.2, 0.25) is 5.91 Å². The zero-order valence-corrected chi connectivity index (χ0v) is 16.7. The van der Waals surface area contributed by atoms with Crippen LogP contribution in [0.4, 0.5) is 5.69 Å². The molecule has 1 aromatic heterocycles. The molecule has 1 atom stereocenters. The predicted octanol–water partition coefficient (Wildman–Crippen LogP) is 2.97. The fraction of sp³-hybridized carbons (Fsp3) is 0.429. The summed E-state index contributed by atoms with van der Waals surface area (Å²) in [5.74, 6) is 0.735. The Hall–Kier alpha value is -2.38. The first-order valence-corrected chi connectivity index (χ1v) is 10.4. The zero-order chi connectivity index (χ0) is 19.5. The van der Waals surface area contributed by atoms with E-state index in [9.17, 15) is 9.59 Å². The number of benzene rings is 1. The number of hydrogen-bond acceptors (Lipinski definition) is 5. The zero-order valence-electron chi connectivity index (χ0n) is 15.9. The van der Waals surface area contributed by atoms with Gasteiger partial charge in [0, 0.05) is 35.6 Å². The fourth-order valence-corrected chi connectivity index (χ4v) is 4.90. The van der Waals surface area contributed by atoms with Crippen molar-refractivity contribution in [1.29, 1.82) is 0 Å². The van der Waals surface area contributed by atoms with Gasteiger partial charge in [0.15, 0.2) is 0 Å². The number of ether oxygens (including phenoxy) is 2. The molecule has 6 nitrogen and oxygen atoms in total. The van der Waals surface area contributed by atoms with Gasteiger partial charge in [-0.1, -0.05) is 6.07 Å². The lowest BCUT2D eigenvalue weighted by Crippen LogP contribution is -2.40. The average molecular weight is 401 g/mol. The van der Waals surface area contributed by atoms with Crippen LogP contribution in [0.25, 0.3) is 0 Å². The summed E-state index contributed by atoms with van der Waals surface area (Å²) in [6.07, 6.45) is 2.32. The summed E-state index contributed by atoms with van der Waals surface area (Å²) in [7, 11) is 1.61. The Labute approximate surface area is 168 Å². The molecule has 2 heterocycles. The molecule has 28 heavy (non-hydrogen) atoms. The lowest BCUT2D eigenvalue weighted by Gasteiger charge is -2.26. The van der Waals surface area contributed by atoms with Crippen molar-refractivity contribution >= 4 is 28.8 Å². The first kappa shape index (κ1) is 19.0. The van der Waals surface area contributed by atoms with Gasteiger partial charge in [-0.15, -0.1) is 11.3 Å². The first-order chi connectivity index (χ1) is 13.6. The monoisotopic (exact) mass is 400 g/mol. The van der Waals surface area contributed by atoms with Crippen LogP contribution in [0.5, 0.6) is 5.75 Å². The number of morpholine rings is 1. The highest BCUT2D eigenvalue weighted by Crippen LogP contribution is 2.33. The average Bonchev–Trinajstić information content (AvgIpc) is 3.17. The molecule has 1 aliphatic heterocycles. The highest BCUT2D eigenvalue weighted by molar-refractivity contribution is 7.14. The van der Waals surface area contributed by atoms with Crippen LogP contribution in [0.3, 0.4) is 0 Å². The molecule has 148 valence electrons. The smallest absolute Gasteiger partial charge is 0.264 e. The molecular weight excluding hydrogens is 376 g/mol. The lowest BCUT2D eigenvalue weighted by molar-refractivity contribution is -0.120. The second-order valence-electron chi connectivity index (χ2n) is 7.12. The van der Waals surface area contributed by atoms with E-state index in [0.717, 1.165) is 29.0 Å². The van der Waals surface area contributed by atoms with Crippen LogP contribution in [0.2, 0.25) is 0 Å². The van der Waals surface area contributed by atoms with Crippen LogP contribution >= 0.6 is 11.3 Å².